The molecule has 0 aromatic heterocycles. The molecule has 1 amide bonds. The van der Waals surface area contributed by atoms with Crippen molar-refractivity contribution in [3.8, 4) is 0 Å². The normalized spacial score (nSPS) is 17.0. The summed E-state index contributed by atoms with van der Waals surface area (Å²) in [6.07, 6.45) is 4.09. The van der Waals surface area contributed by atoms with E-state index in [9.17, 15) is 9.59 Å². The summed E-state index contributed by atoms with van der Waals surface area (Å²) in [7, 11) is 0. The van der Waals surface area contributed by atoms with Crippen LogP contribution in [0.5, 0.6) is 0 Å². The van der Waals surface area contributed by atoms with Gasteiger partial charge in [-0.1, -0.05) is 37.3 Å². The van der Waals surface area contributed by atoms with Crippen molar-refractivity contribution in [2.24, 2.45) is 11.3 Å². The Morgan fingerprint density at radius 2 is 1.95 bits per heavy atom. The van der Waals surface area contributed by atoms with Crippen molar-refractivity contribution in [1.82, 2.24) is 5.32 Å². The van der Waals surface area contributed by atoms with Gasteiger partial charge in [0.2, 0.25) is 5.91 Å². The number of nitrogens with one attached hydrogen (secondary N) is 1. The summed E-state index contributed by atoms with van der Waals surface area (Å²) < 4.78 is 0. The number of aryl methyl sites for hydroxylation is 1. The van der Waals surface area contributed by atoms with Crippen LogP contribution in [0.4, 0.5) is 0 Å². The highest BCUT2D eigenvalue weighted by Gasteiger charge is 2.50. The third-order valence-corrected chi connectivity index (χ3v) is 4.30. The second kappa shape index (κ2) is 6.74. The summed E-state index contributed by atoms with van der Waals surface area (Å²) in [5, 5.41) is 11.9. The SMILES string of the molecule is CC(CCCc1ccccc1)C(=O)NCC1(C(=O)O)CC1. The van der Waals surface area contributed by atoms with Crippen LogP contribution < -0.4 is 5.32 Å². The van der Waals surface area contributed by atoms with Crippen LogP contribution in [0, 0.1) is 11.3 Å². The topological polar surface area (TPSA) is 66.4 Å². The first-order valence-electron chi connectivity index (χ1n) is 7.58. The average Bonchev–Trinajstić information content (AvgIpc) is 3.27. The quantitative estimate of drug-likeness (QED) is 0.773. The molecule has 4 nitrogen and oxygen atoms in total. The minimum Gasteiger partial charge on any atom is -0.481 e. The van der Waals surface area contributed by atoms with Gasteiger partial charge in [-0.25, -0.2) is 0 Å². The first kappa shape index (κ1) is 15.5. The predicted octanol–water partition coefficient (Wildman–Crippen LogP) is 2.63. The number of rotatable bonds is 8. The van der Waals surface area contributed by atoms with Gasteiger partial charge in [0, 0.05) is 12.5 Å². The molecular weight excluding hydrogens is 266 g/mol. The number of aliphatic carboxylic acids is 1. The molecule has 0 radical (unpaired) electrons. The summed E-state index contributed by atoms with van der Waals surface area (Å²) in [6, 6.07) is 10.2. The fraction of sp³-hybridized carbons (Fsp3) is 0.529. The second-order valence-electron chi connectivity index (χ2n) is 6.08. The maximum absolute atomic E-state index is 12.0. The number of benzene rings is 1. The molecule has 114 valence electrons. The molecule has 0 bridgehead atoms. The van der Waals surface area contributed by atoms with Gasteiger partial charge in [0.25, 0.3) is 0 Å². The van der Waals surface area contributed by atoms with Crippen LogP contribution >= 0.6 is 0 Å². The van der Waals surface area contributed by atoms with Crippen molar-refractivity contribution >= 4 is 11.9 Å². The van der Waals surface area contributed by atoms with E-state index in [1.807, 2.05) is 25.1 Å². The van der Waals surface area contributed by atoms with E-state index in [1.165, 1.54) is 5.56 Å². The molecule has 1 saturated carbocycles. The zero-order chi connectivity index (χ0) is 15.3. The number of hydrogen-bond acceptors (Lipinski definition) is 2. The molecule has 4 heteroatoms. The lowest BCUT2D eigenvalue weighted by Gasteiger charge is -2.15. The zero-order valence-corrected chi connectivity index (χ0v) is 12.5. The summed E-state index contributed by atoms with van der Waals surface area (Å²) in [4.78, 5) is 23.0. The van der Waals surface area contributed by atoms with Gasteiger partial charge >= 0.3 is 5.97 Å². The highest BCUT2D eigenvalue weighted by Crippen LogP contribution is 2.45. The molecular formula is C17H23NO3. The molecule has 1 fully saturated rings. The Labute approximate surface area is 125 Å². The van der Waals surface area contributed by atoms with E-state index in [-0.39, 0.29) is 18.4 Å². The van der Waals surface area contributed by atoms with Gasteiger partial charge in [-0.2, -0.15) is 0 Å². The number of hydrogen-bond donors (Lipinski definition) is 2. The number of carboxylic acid groups (broad SMARTS) is 1. The molecule has 2 rings (SSSR count). The number of carbonyl (C=O) groups is 2. The molecule has 1 aliphatic carbocycles. The highest BCUT2D eigenvalue weighted by atomic mass is 16.4. The first-order valence-corrected chi connectivity index (χ1v) is 7.58. The van der Waals surface area contributed by atoms with Crippen molar-refractivity contribution in [3.05, 3.63) is 35.9 Å². The molecule has 0 saturated heterocycles. The molecule has 0 spiro atoms. The van der Waals surface area contributed by atoms with Gasteiger partial charge in [-0.15, -0.1) is 0 Å². The van der Waals surface area contributed by atoms with Crippen LogP contribution in [0.1, 0.15) is 38.2 Å². The monoisotopic (exact) mass is 289 g/mol. The number of amides is 1. The predicted molar refractivity (Wildman–Crippen MR) is 80.9 cm³/mol. The summed E-state index contributed by atoms with van der Waals surface area (Å²) >= 11 is 0. The van der Waals surface area contributed by atoms with Gasteiger partial charge in [0.05, 0.1) is 5.41 Å². The van der Waals surface area contributed by atoms with E-state index in [2.05, 4.69) is 17.4 Å². The van der Waals surface area contributed by atoms with E-state index in [0.29, 0.717) is 12.8 Å². The van der Waals surface area contributed by atoms with E-state index >= 15 is 0 Å². The highest BCUT2D eigenvalue weighted by molar-refractivity contribution is 5.81. The van der Waals surface area contributed by atoms with E-state index in [0.717, 1.165) is 19.3 Å². The minimum atomic E-state index is -0.792. The fourth-order valence-corrected chi connectivity index (χ4v) is 2.44. The molecule has 2 N–H and O–H groups in total. The Bertz CT molecular complexity index is 494. The molecule has 21 heavy (non-hydrogen) atoms. The molecule has 0 aliphatic heterocycles. The number of carbonyl (C=O) groups excluding carboxylic acids is 1. The van der Waals surface area contributed by atoms with Crippen LogP contribution in [0.15, 0.2) is 30.3 Å². The van der Waals surface area contributed by atoms with E-state index in [1.54, 1.807) is 0 Å². The van der Waals surface area contributed by atoms with Crippen molar-refractivity contribution in [1.29, 1.82) is 0 Å². The maximum Gasteiger partial charge on any atom is 0.311 e. The van der Waals surface area contributed by atoms with Gasteiger partial charge < -0.3 is 10.4 Å². The molecule has 1 aromatic rings. The van der Waals surface area contributed by atoms with Crippen molar-refractivity contribution in [2.45, 2.75) is 39.0 Å². The van der Waals surface area contributed by atoms with Gasteiger partial charge in [0.1, 0.15) is 0 Å². The Hall–Kier alpha value is -1.84. The minimum absolute atomic E-state index is 0.0319. The fourth-order valence-electron chi connectivity index (χ4n) is 2.44. The molecule has 1 aromatic carbocycles. The third-order valence-electron chi connectivity index (χ3n) is 4.30. The van der Waals surface area contributed by atoms with Gasteiger partial charge in [0.15, 0.2) is 0 Å². The average molecular weight is 289 g/mol. The smallest absolute Gasteiger partial charge is 0.311 e. The molecule has 0 heterocycles. The summed E-state index contributed by atoms with van der Waals surface area (Å²) in [5.41, 5.74) is 0.604. The maximum atomic E-state index is 12.0. The summed E-state index contributed by atoms with van der Waals surface area (Å²) in [5.74, 6) is -0.895. The Balaban J connectivity index is 1.67. The van der Waals surface area contributed by atoms with Crippen molar-refractivity contribution < 1.29 is 14.7 Å². The third kappa shape index (κ3) is 4.31. The van der Waals surface area contributed by atoms with Crippen LogP contribution in [0.25, 0.3) is 0 Å². The standard InChI is InChI=1S/C17H23NO3/c1-13(6-5-9-14-7-3-2-4-8-14)15(19)18-12-17(10-11-17)16(20)21/h2-4,7-8,13H,5-6,9-12H2,1H3,(H,18,19)(H,20,21). The zero-order valence-electron chi connectivity index (χ0n) is 12.5. The lowest BCUT2D eigenvalue weighted by Crippen LogP contribution is -2.37. The Morgan fingerprint density at radius 3 is 2.52 bits per heavy atom. The summed E-state index contributed by atoms with van der Waals surface area (Å²) in [6.45, 7) is 2.17. The van der Waals surface area contributed by atoms with Crippen LogP contribution in [0.2, 0.25) is 0 Å². The van der Waals surface area contributed by atoms with Gasteiger partial charge in [-0.3, -0.25) is 9.59 Å². The van der Waals surface area contributed by atoms with Crippen molar-refractivity contribution in [3.63, 3.8) is 0 Å². The largest absolute Gasteiger partial charge is 0.481 e. The van der Waals surface area contributed by atoms with Crippen molar-refractivity contribution in [2.75, 3.05) is 6.54 Å². The van der Waals surface area contributed by atoms with Crippen LogP contribution in [0.3, 0.4) is 0 Å². The molecule has 1 unspecified atom stereocenters. The lowest BCUT2D eigenvalue weighted by molar-refractivity contribution is -0.143. The van der Waals surface area contributed by atoms with E-state index in [4.69, 9.17) is 5.11 Å². The second-order valence-corrected chi connectivity index (χ2v) is 6.08. The first-order chi connectivity index (χ1) is 10.0. The van der Waals surface area contributed by atoms with E-state index < -0.39 is 11.4 Å². The molecule has 1 aliphatic rings. The number of carboxylic acids is 1. The Morgan fingerprint density at radius 1 is 1.29 bits per heavy atom. The van der Waals surface area contributed by atoms with Gasteiger partial charge in [-0.05, 0) is 37.7 Å². The van der Waals surface area contributed by atoms with Crippen LogP contribution in [-0.4, -0.2) is 23.5 Å². The van der Waals surface area contributed by atoms with Crippen LogP contribution in [-0.2, 0) is 16.0 Å². The lowest BCUT2D eigenvalue weighted by atomic mass is 10.00. The Kier molecular flexibility index (Phi) is 4.99. The molecule has 1 atom stereocenters.